The van der Waals surface area contributed by atoms with Gasteiger partial charge in [0.25, 0.3) is 0 Å². The van der Waals surface area contributed by atoms with Crippen LogP contribution in [0.15, 0.2) is 24.3 Å². The van der Waals surface area contributed by atoms with E-state index in [1.165, 1.54) is 12.1 Å². The Morgan fingerprint density at radius 2 is 1.90 bits per heavy atom. The number of carbonyl (C=O) groups excluding carboxylic acids is 1. The van der Waals surface area contributed by atoms with Gasteiger partial charge in [0.2, 0.25) is 5.91 Å². The Kier molecular flexibility index (Phi) is 5.83. The van der Waals surface area contributed by atoms with Crippen molar-refractivity contribution < 1.29 is 18.0 Å². The van der Waals surface area contributed by atoms with Crippen molar-refractivity contribution in [2.45, 2.75) is 19.0 Å². The van der Waals surface area contributed by atoms with Gasteiger partial charge < -0.3 is 10.6 Å². The van der Waals surface area contributed by atoms with Gasteiger partial charge in [0, 0.05) is 11.6 Å². The number of alkyl halides is 3. The minimum atomic E-state index is -4.39. The molecule has 0 aliphatic carbocycles. The van der Waals surface area contributed by atoms with Crippen molar-refractivity contribution in [1.82, 2.24) is 5.32 Å². The first-order valence-corrected chi connectivity index (χ1v) is 6.15. The summed E-state index contributed by atoms with van der Waals surface area (Å²) < 4.78 is 37.6. The van der Waals surface area contributed by atoms with Crippen LogP contribution in [0, 0.1) is 5.92 Å². The van der Waals surface area contributed by atoms with Crippen LogP contribution in [0.2, 0.25) is 0 Å². The van der Waals surface area contributed by atoms with Crippen LogP contribution in [0.4, 0.5) is 18.9 Å². The van der Waals surface area contributed by atoms with Crippen molar-refractivity contribution in [2.75, 3.05) is 18.4 Å². The normalized spacial score (nSPS) is 16.4. The Labute approximate surface area is 121 Å². The van der Waals surface area contributed by atoms with Crippen molar-refractivity contribution in [1.29, 1.82) is 0 Å². The Bertz CT molecular complexity index is 459. The van der Waals surface area contributed by atoms with Gasteiger partial charge in [-0.05, 0) is 44.1 Å². The fourth-order valence-corrected chi connectivity index (χ4v) is 2.10. The van der Waals surface area contributed by atoms with E-state index in [1.807, 2.05) is 0 Å². The molecule has 1 aromatic carbocycles. The molecule has 0 bridgehead atoms. The molecule has 0 radical (unpaired) electrons. The van der Waals surface area contributed by atoms with Gasteiger partial charge in [-0.25, -0.2) is 0 Å². The van der Waals surface area contributed by atoms with Gasteiger partial charge in [-0.3, -0.25) is 4.79 Å². The van der Waals surface area contributed by atoms with E-state index in [0.29, 0.717) is 12.8 Å². The molecule has 1 aliphatic rings. The zero-order valence-corrected chi connectivity index (χ0v) is 11.5. The molecule has 7 heteroatoms. The molecule has 20 heavy (non-hydrogen) atoms. The van der Waals surface area contributed by atoms with E-state index in [1.54, 1.807) is 0 Å². The molecule has 1 aromatic rings. The third kappa shape index (κ3) is 4.38. The lowest BCUT2D eigenvalue weighted by Crippen LogP contribution is -2.34. The quantitative estimate of drug-likeness (QED) is 0.881. The zero-order chi connectivity index (χ0) is 13.9. The van der Waals surface area contributed by atoms with E-state index in [4.69, 9.17) is 0 Å². The summed E-state index contributed by atoms with van der Waals surface area (Å²) in [5.74, 6) is -0.336. The van der Waals surface area contributed by atoms with Gasteiger partial charge in [0.05, 0.1) is 5.56 Å². The second-order valence-electron chi connectivity index (χ2n) is 4.59. The topological polar surface area (TPSA) is 41.1 Å². The number of hydrogen-bond donors (Lipinski definition) is 2. The summed E-state index contributed by atoms with van der Waals surface area (Å²) in [5.41, 5.74) is -0.561. The molecular formula is C13H16ClF3N2O. The van der Waals surface area contributed by atoms with Gasteiger partial charge in [-0.2, -0.15) is 13.2 Å². The van der Waals surface area contributed by atoms with Crippen molar-refractivity contribution in [3.05, 3.63) is 29.8 Å². The zero-order valence-electron chi connectivity index (χ0n) is 10.7. The van der Waals surface area contributed by atoms with Crippen LogP contribution in [0.1, 0.15) is 18.4 Å². The first-order valence-electron chi connectivity index (χ1n) is 6.15. The number of amides is 1. The maximum atomic E-state index is 12.5. The van der Waals surface area contributed by atoms with E-state index >= 15 is 0 Å². The van der Waals surface area contributed by atoms with Crippen LogP contribution < -0.4 is 10.6 Å². The number of piperidine rings is 1. The van der Waals surface area contributed by atoms with Crippen molar-refractivity contribution in [3.8, 4) is 0 Å². The van der Waals surface area contributed by atoms with E-state index in [9.17, 15) is 18.0 Å². The molecule has 2 rings (SSSR count). The van der Waals surface area contributed by atoms with Crippen LogP contribution in [-0.2, 0) is 11.0 Å². The van der Waals surface area contributed by atoms with Gasteiger partial charge in [-0.15, -0.1) is 12.4 Å². The second-order valence-corrected chi connectivity index (χ2v) is 4.59. The SMILES string of the molecule is Cl.O=C(Nc1cccc(C(F)(F)F)c1)C1CCNCC1. The first-order chi connectivity index (χ1) is 8.97. The monoisotopic (exact) mass is 308 g/mol. The average Bonchev–Trinajstić information content (AvgIpc) is 2.39. The first kappa shape index (κ1) is 16.8. The molecule has 3 nitrogen and oxygen atoms in total. The average molecular weight is 309 g/mol. The molecule has 1 amide bonds. The summed E-state index contributed by atoms with van der Waals surface area (Å²) >= 11 is 0. The summed E-state index contributed by atoms with van der Waals surface area (Å²) in [4.78, 5) is 11.9. The highest BCUT2D eigenvalue weighted by molar-refractivity contribution is 5.92. The Balaban J connectivity index is 0.00000200. The summed E-state index contributed by atoms with van der Waals surface area (Å²) in [7, 11) is 0. The molecule has 0 aromatic heterocycles. The van der Waals surface area contributed by atoms with E-state index in [0.717, 1.165) is 25.2 Å². The maximum Gasteiger partial charge on any atom is 0.416 e. The Morgan fingerprint density at radius 1 is 1.25 bits per heavy atom. The number of nitrogens with one attached hydrogen (secondary N) is 2. The molecule has 112 valence electrons. The lowest BCUT2D eigenvalue weighted by Gasteiger charge is -2.22. The molecule has 1 fully saturated rings. The minimum Gasteiger partial charge on any atom is -0.326 e. The number of carbonyl (C=O) groups is 1. The largest absolute Gasteiger partial charge is 0.416 e. The predicted molar refractivity (Wildman–Crippen MR) is 72.9 cm³/mol. The summed E-state index contributed by atoms with van der Waals surface area (Å²) in [6, 6.07) is 4.70. The van der Waals surface area contributed by atoms with E-state index in [2.05, 4.69) is 10.6 Å². The minimum absolute atomic E-state index is 0. The molecule has 1 heterocycles. The number of hydrogen-bond acceptors (Lipinski definition) is 2. The van der Waals surface area contributed by atoms with Crippen molar-refractivity contribution >= 4 is 24.0 Å². The van der Waals surface area contributed by atoms with E-state index < -0.39 is 11.7 Å². The summed E-state index contributed by atoms with van der Waals surface area (Å²) in [5, 5.41) is 5.69. The third-order valence-corrected chi connectivity index (χ3v) is 3.17. The fourth-order valence-electron chi connectivity index (χ4n) is 2.10. The molecule has 0 spiro atoms. The lowest BCUT2D eigenvalue weighted by molar-refractivity contribution is -0.137. The van der Waals surface area contributed by atoms with Gasteiger partial charge in [-0.1, -0.05) is 6.07 Å². The highest BCUT2D eigenvalue weighted by Gasteiger charge is 2.30. The molecule has 0 saturated carbocycles. The smallest absolute Gasteiger partial charge is 0.326 e. The van der Waals surface area contributed by atoms with E-state index in [-0.39, 0.29) is 29.9 Å². The van der Waals surface area contributed by atoms with Crippen LogP contribution in [0.25, 0.3) is 0 Å². The highest BCUT2D eigenvalue weighted by atomic mass is 35.5. The number of benzene rings is 1. The molecular weight excluding hydrogens is 293 g/mol. The number of halogens is 4. The molecule has 2 N–H and O–H groups in total. The van der Waals surface area contributed by atoms with Gasteiger partial charge >= 0.3 is 6.18 Å². The fraction of sp³-hybridized carbons (Fsp3) is 0.462. The molecule has 1 saturated heterocycles. The third-order valence-electron chi connectivity index (χ3n) is 3.17. The summed E-state index contributed by atoms with van der Waals surface area (Å²) in [6.45, 7) is 1.53. The Hall–Kier alpha value is -1.27. The highest BCUT2D eigenvalue weighted by Crippen LogP contribution is 2.30. The second kappa shape index (κ2) is 6.95. The maximum absolute atomic E-state index is 12.5. The van der Waals surface area contributed by atoms with Gasteiger partial charge in [0.1, 0.15) is 0 Å². The van der Waals surface area contributed by atoms with Crippen LogP contribution in [0.5, 0.6) is 0 Å². The molecule has 0 unspecified atom stereocenters. The van der Waals surface area contributed by atoms with Crippen LogP contribution >= 0.6 is 12.4 Å². The standard InChI is InChI=1S/C13H15F3N2O.ClH/c14-13(15,16)10-2-1-3-11(8-10)18-12(19)9-4-6-17-7-5-9;/h1-3,8-9,17H,4-7H2,(H,18,19);1H. The molecule has 1 aliphatic heterocycles. The number of anilines is 1. The van der Waals surface area contributed by atoms with Gasteiger partial charge in [0.15, 0.2) is 0 Å². The van der Waals surface area contributed by atoms with Crippen LogP contribution in [-0.4, -0.2) is 19.0 Å². The van der Waals surface area contributed by atoms with Crippen molar-refractivity contribution in [2.24, 2.45) is 5.92 Å². The molecule has 0 atom stereocenters. The summed E-state index contributed by atoms with van der Waals surface area (Å²) in [6.07, 6.45) is -2.97. The van der Waals surface area contributed by atoms with Crippen molar-refractivity contribution in [3.63, 3.8) is 0 Å². The Morgan fingerprint density at radius 3 is 2.50 bits per heavy atom. The lowest BCUT2D eigenvalue weighted by atomic mass is 9.97. The van der Waals surface area contributed by atoms with Crippen LogP contribution in [0.3, 0.4) is 0 Å². The predicted octanol–water partition coefficient (Wildman–Crippen LogP) is 3.07. The number of rotatable bonds is 2.